The zero-order chi connectivity index (χ0) is 27.0. The maximum atomic E-state index is 12.5. The number of halogens is 6. The third-order valence-electron chi connectivity index (χ3n) is 6.00. The second-order valence-corrected chi connectivity index (χ2v) is 8.31. The van der Waals surface area contributed by atoms with Gasteiger partial charge >= 0.3 is 24.2 Å². The second kappa shape index (κ2) is 9.67. The zero-order valence-electron chi connectivity index (χ0n) is 19.7. The first-order chi connectivity index (χ1) is 16.6. The Morgan fingerprint density at radius 1 is 0.528 bits per heavy atom. The molecular formula is C26H22F6N2O2. The second-order valence-electron chi connectivity index (χ2n) is 8.31. The number of benzene rings is 3. The van der Waals surface area contributed by atoms with E-state index in [0.717, 1.165) is 44.5 Å². The van der Waals surface area contributed by atoms with Gasteiger partial charge in [-0.3, -0.25) is 9.59 Å². The Labute approximate surface area is 203 Å². The molecule has 2 N–H and O–H groups in total. The molecule has 2 amide bonds. The predicted octanol–water partition coefficient (Wildman–Crippen LogP) is 7.26. The zero-order valence-corrected chi connectivity index (χ0v) is 19.7. The first kappa shape index (κ1) is 26.8. The van der Waals surface area contributed by atoms with Crippen molar-refractivity contribution in [3.8, 4) is 22.3 Å². The van der Waals surface area contributed by atoms with E-state index in [0.29, 0.717) is 0 Å². The predicted molar refractivity (Wildman–Crippen MR) is 126 cm³/mol. The number of alkyl halides is 6. The Kier molecular flexibility index (Phi) is 7.20. The normalized spacial score (nSPS) is 11.8. The molecule has 0 unspecified atom stereocenters. The molecule has 0 aliphatic carbocycles. The molecule has 0 aromatic heterocycles. The number of hydrogen-bond acceptors (Lipinski definition) is 2. The molecule has 0 aliphatic rings. The van der Waals surface area contributed by atoms with Crippen molar-refractivity contribution in [2.75, 3.05) is 10.6 Å². The molecule has 0 heterocycles. The van der Waals surface area contributed by atoms with Crippen LogP contribution in [-0.4, -0.2) is 24.2 Å². The lowest BCUT2D eigenvalue weighted by Crippen LogP contribution is -2.29. The van der Waals surface area contributed by atoms with Gasteiger partial charge in [0.1, 0.15) is 0 Å². The molecule has 3 aromatic carbocycles. The molecular weight excluding hydrogens is 486 g/mol. The van der Waals surface area contributed by atoms with E-state index in [1.807, 2.05) is 38.3 Å². The highest BCUT2D eigenvalue weighted by atomic mass is 19.4. The van der Waals surface area contributed by atoms with Gasteiger partial charge in [0.15, 0.2) is 0 Å². The van der Waals surface area contributed by atoms with Crippen LogP contribution in [0.4, 0.5) is 37.7 Å². The standard InChI is InChI=1S/C26H22F6N2O2/c1-13-14(2)22(18-7-11-20(12-8-18)34-24(36)26(30,31)32)16(4)15(3)21(13)17-5-9-19(10-6-17)33-23(35)25(27,28)29/h5-12H,1-4H3,(H,33,35)(H,34,36). The Hall–Kier alpha value is -3.82. The third-order valence-corrected chi connectivity index (χ3v) is 6.00. The van der Waals surface area contributed by atoms with Gasteiger partial charge in [-0.25, -0.2) is 0 Å². The van der Waals surface area contributed by atoms with E-state index in [-0.39, 0.29) is 11.4 Å². The number of hydrogen-bond donors (Lipinski definition) is 2. The molecule has 36 heavy (non-hydrogen) atoms. The third kappa shape index (κ3) is 5.53. The first-order valence-corrected chi connectivity index (χ1v) is 10.7. The lowest BCUT2D eigenvalue weighted by atomic mass is 9.83. The molecule has 4 nitrogen and oxygen atoms in total. The maximum absolute atomic E-state index is 12.5. The summed E-state index contributed by atoms with van der Waals surface area (Å²) in [6, 6.07) is 12.1. The SMILES string of the molecule is Cc1c(C)c(-c2ccc(NC(=O)C(F)(F)F)cc2)c(C)c(C)c1-c1ccc(NC(=O)C(F)(F)F)cc1. The van der Waals surface area contributed by atoms with Gasteiger partial charge in [-0.05, 0) is 96.5 Å². The minimum atomic E-state index is -4.99. The molecule has 0 radical (unpaired) electrons. The van der Waals surface area contributed by atoms with Crippen molar-refractivity contribution >= 4 is 23.2 Å². The fraction of sp³-hybridized carbons (Fsp3) is 0.231. The molecule has 0 bridgehead atoms. The highest BCUT2D eigenvalue weighted by molar-refractivity contribution is 5.96. The molecule has 10 heteroatoms. The molecule has 0 saturated heterocycles. The quantitative estimate of drug-likeness (QED) is 0.365. The number of nitrogens with one attached hydrogen (secondary N) is 2. The van der Waals surface area contributed by atoms with Crippen LogP contribution in [0.15, 0.2) is 48.5 Å². The van der Waals surface area contributed by atoms with Gasteiger partial charge in [-0.2, -0.15) is 26.3 Å². The number of anilines is 2. The molecule has 0 fully saturated rings. The lowest BCUT2D eigenvalue weighted by Gasteiger charge is -2.21. The van der Waals surface area contributed by atoms with Crippen LogP contribution in [0, 0.1) is 27.7 Å². The van der Waals surface area contributed by atoms with E-state index < -0.39 is 24.2 Å². The largest absolute Gasteiger partial charge is 0.471 e. The molecule has 0 atom stereocenters. The molecule has 3 rings (SSSR count). The van der Waals surface area contributed by atoms with Crippen molar-refractivity contribution in [1.29, 1.82) is 0 Å². The van der Waals surface area contributed by atoms with E-state index in [9.17, 15) is 35.9 Å². The monoisotopic (exact) mass is 508 g/mol. The fourth-order valence-electron chi connectivity index (χ4n) is 4.02. The fourth-order valence-corrected chi connectivity index (χ4v) is 4.02. The van der Waals surface area contributed by atoms with Gasteiger partial charge in [0.25, 0.3) is 0 Å². The van der Waals surface area contributed by atoms with Crippen LogP contribution in [0.3, 0.4) is 0 Å². The van der Waals surface area contributed by atoms with Gasteiger partial charge in [-0.15, -0.1) is 0 Å². The van der Waals surface area contributed by atoms with Gasteiger partial charge in [-0.1, -0.05) is 24.3 Å². The summed E-state index contributed by atoms with van der Waals surface area (Å²) >= 11 is 0. The van der Waals surface area contributed by atoms with Crippen molar-refractivity contribution in [2.45, 2.75) is 40.0 Å². The van der Waals surface area contributed by atoms with E-state index in [1.54, 1.807) is 24.3 Å². The Morgan fingerprint density at radius 2 is 0.778 bits per heavy atom. The van der Waals surface area contributed by atoms with Crippen LogP contribution >= 0.6 is 0 Å². The van der Waals surface area contributed by atoms with Crippen LogP contribution in [-0.2, 0) is 9.59 Å². The first-order valence-electron chi connectivity index (χ1n) is 10.7. The van der Waals surface area contributed by atoms with Gasteiger partial charge in [0, 0.05) is 11.4 Å². The van der Waals surface area contributed by atoms with Crippen molar-refractivity contribution < 1.29 is 35.9 Å². The number of carbonyl (C=O) groups is 2. The smallest absolute Gasteiger partial charge is 0.318 e. The van der Waals surface area contributed by atoms with Gasteiger partial charge < -0.3 is 10.6 Å². The summed E-state index contributed by atoms with van der Waals surface area (Å²) < 4.78 is 75.0. The molecule has 0 aliphatic heterocycles. The van der Waals surface area contributed by atoms with Crippen molar-refractivity contribution in [2.24, 2.45) is 0 Å². The molecule has 0 spiro atoms. The van der Waals surface area contributed by atoms with Crippen molar-refractivity contribution in [3.63, 3.8) is 0 Å². The summed E-state index contributed by atoms with van der Waals surface area (Å²) in [6.07, 6.45) is -9.98. The summed E-state index contributed by atoms with van der Waals surface area (Å²) in [6.45, 7) is 7.60. The minimum Gasteiger partial charge on any atom is -0.318 e. The molecule has 0 saturated carbocycles. The van der Waals surface area contributed by atoms with E-state index in [2.05, 4.69) is 0 Å². The summed E-state index contributed by atoms with van der Waals surface area (Å²) in [7, 11) is 0. The van der Waals surface area contributed by atoms with E-state index >= 15 is 0 Å². The van der Waals surface area contributed by atoms with E-state index in [1.165, 1.54) is 24.3 Å². The number of rotatable bonds is 4. The Balaban J connectivity index is 1.95. The Morgan fingerprint density at radius 3 is 1.00 bits per heavy atom. The number of amides is 2. The highest BCUT2D eigenvalue weighted by Gasteiger charge is 2.39. The molecule has 3 aromatic rings. The topological polar surface area (TPSA) is 58.2 Å². The summed E-state index contributed by atoms with van der Waals surface area (Å²) in [5, 5.41) is 3.63. The molecule has 190 valence electrons. The average molecular weight is 508 g/mol. The number of carbonyl (C=O) groups excluding carboxylic acids is 2. The van der Waals surface area contributed by atoms with Crippen molar-refractivity contribution in [1.82, 2.24) is 0 Å². The van der Waals surface area contributed by atoms with Crippen LogP contribution in [0.2, 0.25) is 0 Å². The Bertz CT molecular complexity index is 1180. The average Bonchev–Trinajstić information content (AvgIpc) is 2.79. The maximum Gasteiger partial charge on any atom is 0.471 e. The summed E-state index contributed by atoms with van der Waals surface area (Å²) in [4.78, 5) is 22.3. The highest BCUT2D eigenvalue weighted by Crippen LogP contribution is 2.39. The van der Waals surface area contributed by atoms with Crippen LogP contribution in [0.5, 0.6) is 0 Å². The van der Waals surface area contributed by atoms with Crippen molar-refractivity contribution in [3.05, 3.63) is 70.8 Å². The van der Waals surface area contributed by atoms with Crippen LogP contribution in [0.25, 0.3) is 22.3 Å². The van der Waals surface area contributed by atoms with Crippen LogP contribution in [0.1, 0.15) is 22.3 Å². The summed E-state index contributed by atoms with van der Waals surface area (Å²) in [5.41, 5.74) is 6.94. The minimum absolute atomic E-state index is 0.0131. The van der Waals surface area contributed by atoms with Crippen LogP contribution < -0.4 is 10.6 Å². The van der Waals surface area contributed by atoms with Gasteiger partial charge in [0.05, 0.1) is 0 Å². The lowest BCUT2D eigenvalue weighted by molar-refractivity contribution is -0.167. The van der Waals surface area contributed by atoms with Gasteiger partial charge in [0.2, 0.25) is 0 Å². The van der Waals surface area contributed by atoms with E-state index in [4.69, 9.17) is 0 Å². The summed E-state index contributed by atoms with van der Waals surface area (Å²) in [5.74, 6) is -4.11.